The molecule has 0 amide bonds. The molecule has 1 unspecified atom stereocenters. The molecular formula is C4H10FP. The molecule has 0 aromatic heterocycles. The van der Waals surface area contributed by atoms with Gasteiger partial charge in [-0.1, -0.05) is 20.8 Å². The summed E-state index contributed by atoms with van der Waals surface area (Å²) in [7, 11) is -0.433. The van der Waals surface area contributed by atoms with Crippen LogP contribution in [0.4, 0.5) is 4.20 Å². The Hall–Kier alpha value is 0.360. The Labute approximate surface area is 40.0 Å². The van der Waals surface area contributed by atoms with Gasteiger partial charge in [-0.15, -0.1) is 0 Å². The van der Waals surface area contributed by atoms with E-state index >= 15 is 0 Å². The van der Waals surface area contributed by atoms with Crippen LogP contribution in [0.15, 0.2) is 0 Å². The average molecular weight is 108 g/mol. The van der Waals surface area contributed by atoms with Gasteiger partial charge in [0.2, 0.25) is 0 Å². The second-order valence-electron chi connectivity index (χ2n) is 2.34. The van der Waals surface area contributed by atoms with Crippen LogP contribution in [0.5, 0.6) is 0 Å². The number of hydrogen-bond donors (Lipinski definition) is 0. The highest BCUT2D eigenvalue weighted by Crippen LogP contribution is 2.30. The highest BCUT2D eigenvalue weighted by Gasteiger charge is 2.07. The van der Waals surface area contributed by atoms with E-state index < -0.39 is 8.89 Å². The molecule has 38 valence electrons. The van der Waals surface area contributed by atoms with E-state index in [1.165, 1.54) is 0 Å². The average Bonchev–Trinajstić information content (AvgIpc) is 1.35. The lowest BCUT2D eigenvalue weighted by Crippen LogP contribution is -2.01. The van der Waals surface area contributed by atoms with Crippen molar-refractivity contribution in [3.63, 3.8) is 0 Å². The molecular weight excluding hydrogens is 98.0 g/mol. The highest BCUT2D eigenvalue weighted by atomic mass is 31.1. The van der Waals surface area contributed by atoms with Gasteiger partial charge < -0.3 is 0 Å². The number of rotatable bonds is 0. The minimum atomic E-state index is -0.433. The molecule has 0 rings (SSSR count). The van der Waals surface area contributed by atoms with Crippen molar-refractivity contribution >= 4 is 8.89 Å². The van der Waals surface area contributed by atoms with E-state index in [9.17, 15) is 4.20 Å². The SMILES string of the molecule is CC(C)(C)PF. The fourth-order valence-electron chi connectivity index (χ4n) is 0. The molecule has 0 bridgehead atoms. The van der Waals surface area contributed by atoms with Gasteiger partial charge in [0.25, 0.3) is 0 Å². The van der Waals surface area contributed by atoms with Crippen LogP contribution >= 0.6 is 8.89 Å². The summed E-state index contributed by atoms with van der Waals surface area (Å²) in [5.74, 6) is 0. The van der Waals surface area contributed by atoms with Gasteiger partial charge in [-0.3, -0.25) is 0 Å². The summed E-state index contributed by atoms with van der Waals surface area (Å²) >= 11 is 0. The second-order valence-corrected chi connectivity index (χ2v) is 4.03. The first-order valence-electron chi connectivity index (χ1n) is 1.94. The molecule has 0 aliphatic carbocycles. The van der Waals surface area contributed by atoms with Crippen molar-refractivity contribution in [3.05, 3.63) is 0 Å². The van der Waals surface area contributed by atoms with Gasteiger partial charge in [0.05, 0.1) is 8.89 Å². The maximum atomic E-state index is 11.5. The third-order valence-corrected chi connectivity index (χ3v) is 0.850. The van der Waals surface area contributed by atoms with Gasteiger partial charge in [-0.05, 0) is 0 Å². The van der Waals surface area contributed by atoms with Crippen molar-refractivity contribution in [1.82, 2.24) is 0 Å². The third kappa shape index (κ3) is 4.36. The molecule has 1 atom stereocenters. The molecule has 0 fully saturated rings. The molecule has 2 heteroatoms. The van der Waals surface area contributed by atoms with Crippen molar-refractivity contribution < 1.29 is 4.20 Å². The lowest BCUT2D eigenvalue weighted by atomic mass is 10.3. The lowest BCUT2D eigenvalue weighted by molar-refractivity contribution is 0.741. The zero-order valence-electron chi connectivity index (χ0n) is 4.38. The molecule has 0 aromatic carbocycles. The number of halogens is 1. The Morgan fingerprint density at radius 1 is 1.33 bits per heavy atom. The summed E-state index contributed by atoms with van der Waals surface area (Å²) in [5, 5.41) is -0.0972. The van der Waals surface area contributed by atoms with E-state index in [4.69, 9.17) is 0 Å². The van der Waals surface area contributed by atoms with Crippen LogP contribution in [0, 0.1) is 0 Å². The predicted molar refractivity (Wildman–Crippen MR) is 29.2 cm³/mol. The lowest BCUT2D eigenvalue weighted by Gasteiger charge is -2.08. The van der Waals surface area contributed by atoms with Crippen molar-refractivity contribution in [2.24, 2.45) is 0 Å². The molecule has 0 saturated carbocycles. The van der Waals surface area contributed by atoms with Gasteiger partial charge in [0.15, 0.2) is 0 Å². The van der Waals surface area contributed by atoms with E-state index in [1.807, 2.05) is 20.8 Å². The summed E-state index contributed by atoms with van der Waals surface area (Å²) in [6.07, 6.45) is 0. The van der Waals surface area contributed by atoms with E-state index in [2.05, 4.69) is 0 Å². The normalized spacial score (nSPS) is 14.0. The first-order valence-corrected chi connectivity index (χ1v) is 2.82. The highest BCUT2D eigenvalue weighted by molar-refractivity contribution is 7.33. The standard InChI is InChI=1S/C4H10FP/c1-4(2,3)6-5/h6H,1-3H3. The largest absolute Gasteiger partial charge is 0.230 e. The van der Waals surface area contributed by atoms with Gasteiger partial charge >= 0.3 is 0 Å². The fraction of sp³-hybridized carbons (Fsp3) is 1.00. The Balaban J connectivity index is 3.17. The smallest absolute Gasteiger partial charge is 0.0725 e. The fourth-order valence-corrected chi connectivity index (χ4v) is 0. The van der Waals surface area contributed by atoms with Crippen molar-refractivity contribution in [1.29, 1.82) is 0 Å². The maximum Gasteiger partial charge on any atom is 0.0725 e. The van der Waals surface area contributed by atoms with Crippen LogP contribution in [0.2, 0.25) is 0 Å². The van der Waals surface area contributed by atoms with Crippen molar-refractivity contribution in [2.45, 2.75) is 25.9 Å². The van der Waals surface area contributed by atoms with Crippen molar-refractivity contribution in [3.8, 4) is 0 Å². The van der Waals surface area contributed by atoms with Crippen LogP contribution < -0.4 is 0 Å². The molecule has 0 aliphatic rings. The van der Waals surface area contributed by atoms with Gasteiger partial charge in [0.1, 0.15) is 0 Å². The molecule has 0 radical (unpaired) electrons. The van der Waals surface area contributed by atoms with Crippen molar-refractivity contribution in [2.75, 3.05) is 0 Å². The Morgan fingerprint density at radius 3 is 1.50 bits per heavy atom. The number of hydrogen-bond acceptors (Lipinski definition) is 0. The summed E-state index contributed by atoms with van der Waals surface area (Å²) in [6, 6.07) is 0. The van der Waals surface area contributed by atoms with Crippen LogP contribution in [0.1, 0.15) is 20.8 Å². The molecule has 0 aliphatic heterocycles. The minimum Gasteiger partial charge on any atom is -0.230 e. The quantitative estimate of drug-likeness (QED) is 0.418. The van der Waals surface area contributed by atoms with Gasteiger partial charge in [0, 0.05) is 5.16 Å². The summed E-state index contributed by atoms with van der Waals surface area (Å²) in [5.41, 5.74) is 0. The summed E-state index contributed by atoms with van der Waals surface area (Å²) in [4.78, 5) is 0. The molecule has 0 saturated heterocycles. The van der Waals surface area contributed by atoms with E-state index in [1.54, 1.807) is 0 Å². The zero-order valence-corrected chi connectivity index (χ0v) is 5.38. The minimum absolute atomic E-state index is 0.0972. The zero-order chi connectivity index (χ0) is 5.21. The van der Waals surface area contributed by atoms with Crippen LogP contribution in [0.3, 0.4) is 0 Å². The Bertz CT molecular complexity index is 37.3. The van der Waals surface area contributed by atoms with Crippen LogP contribution in [0.25, 0.3) is 0 Å². The molecule has 0 N–H and O–H groups in total. The summed E-state index contributed by atoms with van der Waals surface area (Å²) < 4.78 is 11.5. The molecule has 6 heavy (non-hydrogen) atoms. The third-order valence-electron chi connectivity index (χ3n) is 0.283. The topological polar surface area (TPSA) is 0 Å². The first kappa shape index (κ1) is 6.36. The van der Waals surface area contributed by atoms with Gasteiger partial charge in [-0.2, -0.15) is 0 Å². The Morgan fingerprint density at radius 2 is 1.50 bits per heavy atom. The van der Waals surface area contributed by atoms with Crippen LogP contribution in [-0.4, -0.2) is 5.16 Å². The van der Waals surface area contributed by atoms with E-state index in [0.29, 0.717) is 0 Å². The predicted octanol–water partition coefficient (Wildman–Crippen LogP) is 2.35. The first-order chi connectivity index (χ1) is 2.56. The second kappa shape index (κ2) is 1.88. The molecule has 0 heterocycles. The monoisotopic (exact) mass is 108 g/mol. The van der Waals surface area contributed by atoms with Gasteiger partial charge in [-0.25, -0.2) is 4.20 Å². The summed E-state index contributed by atoms with van der Waals surface area (Å²) in [6.45, 7) is 5.64. The Kier molecular flexibility index (Phi) is 1.99. The maximum absolute atomic E-state index is 11.5. The molecule has 0 nitrogen and oxygen atoms in total. The van der Waals surface area contributed by atoms with E-state index in [0.717, 1.165) is 0 Å². The molecule has 0 aromatic rings. The molecule has 0 spiro atoms. The van der Waals surface area contributed by atoms with Crippen LogP contribution in [-0.2, 0) is 0 Å². The van der Waals surface area contributed by atoms with E-state index in [-0.39, 0.29) is 5.16 Å².